The number of nitrogens with zero attached hydrogens (tertiary/aromatic N) is 2. The summed E-state index contributed by atoms with van der Waals surface area (Å²) in [5, 5.41) is 0. The summed E-state index contributed by atoms with van der Waals surface area (Å²) in [6.45, 7) is 7.19. The minimum Gasteiger partial charge on any atom is -0.450 e. The van der Waals surface area contributed by atoms with Crippen molar-refractivity contribution in [2.75, 3.05) is 46.5 Å². The first-order chi connectivity index (χ1) is 10.7. The Morgan fingerprint density at radius 3 is 2.45 bits per heavy atom. The third-order valence-corrected chi connectivity index (χ3v) is 3.99. The molecule has 1 heterocycles. The molecule has 22 heavy (non-hydrogen) atoms. The Bertz CT molecular complexity index is 471. The molecule has 0 spiro atoms. The van der Waals surface area contributed by atoms with Crippen LogP contribution >= 0.6 is 0 Å². The lowest BCUT2D eigenvalue weighted by molar-refractivity contribution is 0.0777. The molecule has 1 amide bonds. The van der Waals surface area contributed by atoms with Gasteiger partial charge in [-0.1, -0.05) is 24.3 Å². The molecular formula is C17H26N2O3. The quantitative estimate of drug-likeness (QED) is 0.807. The van der Waals surface area contributed by atoms with Crippen molar-refractivity contribution in [3.05, 3.63) is 35.4 Å². The van der Waals surface area contributed by atoms with E-state index < -0.39 is 0 Å². The predicted octanol–water partition coefficient (Wildman–Crippen LogP) is 2.15. The molecule has 0 saturated carbocycles. The van der Waals surface area contributed by atoms with E-state index >= 15 is 0 Å². The summed E-state index contributed by atoms with van der Waals surface area (Å²) in [5.41, 5.74) is 2.70. The number of piperazine rings is 1. The summed E-state index contributed by atoms with van der Waals surface area (Å²) in [4.78, 5) is 15.9. The second-order valence-corrected chi connectivity index (χ2v) is 5.47. The molecule has 1 aliphatic heterocycles. The normalized spacial score (nSPS) is 15.8. The van der Waals surface area contributed by atoms with Gasteiger partial charge in [-0.25, -0.2) is 4.79 Å². The van der Waals surface area contributed by atoms with Crippen LogP contribution in [0.5, 0.6) is 0 Å². The minimum atomic E-state index is -0.192. The Morgan fingerprint density at radius 2 is 1.82 bits per heavy atom. The topological polar surface area (TPSA) is 42.0 Å². The second kappa shape index (κ2) is 8.76. The number of ether oxygens (including phenoxy) is 2. The zero-order valence-electron chi connectivity index (χ0n) is 13.6. The molecule has 5 nitrogen and oxygen atoms in total. The van der Waals surface area contributed by atoms with E-state index in [4.69, 9.17) is 9.47 Å². The maximum absolute atomic E-state index is 11.7. The van der Waals surface area contributed by atoms with E-state index in [1.807, 2.05) is 6.92 Å². The standard InChI is InChI=1S/C17H26N2O3/c1-3-22-17(20)19-11-9-18(10-12-19)14-16-7-5-4-6-15(16)8-13-21-2/h4-7H,3,8-14H2,1-2H3. The molecule has 0 radical (unpaired) electrons. The molecule has 1 aliphatic rings. The third kappa shape index (κ3) is 4.71. The number of rotatable bonds is 6. The molecule has 0 bridgehead atoms. The van der Waals surface area contributed by atoms with Gasteiger partial charge in [0.2, 0.25) is 0 Å². The van der Waals surface area contributed by atoms with E-state index in [1.54, 1.807) is 12.0 Å². The van der Waals surface area contributed by atoms with E-state index in [0.717, 1.165) is 45.8 Å². The fraction of sp³-hybridized carbons (Fsp3) is 0.588. The molecule has 0 aromatic heterocycles. The van der Waals surface area contributed by atoms with E-state index in [0.29, 0.717) is 6.61 Å². The SMILES string of the molecule is CCOC(=O)N1CCN(Cc2ccccc2CCOC)CC1. The highest BCUT2D eigenvalue weighted by Crippen LogP contribution is 2.14. The third-order valence-electron chi connectivity index (χ3n) is 3.99. The maximum atomic E-state index is 11.7. The van der Waals surface area contributed by atoms with E-state index in [1.165, 1.54) is 11.1 Å². The molecule has 1 saturated heterocycles. The Morgan fingerprint density at radius 1 is 1.14 bits per heavy atom. The van der Waals surface area contributed by atoms with Crippen LogP contribution in [0.1, 0.15) is 18.1 Å². The number of benzene rings is 1. The molecule has 1 aromatic carbocycles. The predicted molar refractivity (Wildman–Crippen MR) is 85.9 cm³/mol. The lowest BCUT2D eigenvalue weighted by Crippen LogP contribution is -2.48. The Labute approximate surface area is 132 Å². The summed E-state index contributed by atoms with van der Waals surface area (Å²) >= 11 is 0. The van der Waals surface area contributed by atoms with Gasteiger partial charge < -0.3 is 14.4 Å². The summed E-state index contributed by atoms with van der Waals surface area (Å²) in [7, 11) is 1.73. The maximum Gasteiger partial charge on any atom is 0.409 e. The second-order valence-electron chi connectivity index (χ2n) is 5.47. The van der Waals surface area contributed by atoms with Gasteiger partial charge in [0.1, 0.15) is 0 Å². The fourth-order valence-corrected chi connectivity index (χ4v) is 2.71. The van der Waals surface area contributed by atoms with Gasteiger partial charge in [0.05, 0.1) is 13.2 Å². The van der Waals surface area contributed by atoms with Crippen molar-refractivity contribution in [3.63, 3.8) is 0 Å². The minimum absolute atomic E-state index is 0.192. The summed E-state index contributed by atoms with van der Waals surface area (Å²) in [6.07, 6.45) is 0.748. The zero-order chi connectivity index (χ0) is 15.8. The van der Waals surface area contributed by atoms with Crippen molar-refractivity contribution in [2.45, 2.75) is 19.9 Å². The van der Waals surface area contributed by atoms with Crippen molar-refractivity contribution in [3.8, 4) is 0 Å². The molecule has 0 unspecified atom stereocenters. The number of methoxy groups -OCH3 is 1. The molecule has 1 fully saturated rings. The van der Waals surface area contributed by atoms with Crippen LogP contribution in [0.15, 0.2) is 24.3 Å². The first-order valence-corrected chi connectivity index (χ1v) is 7.94. The average molecular weight is 306 g/mol. The number of amides is 1. The number of hydrogen-bond acceptors (Lipinski definition) is 4. The van der Waals surface area contributed by atoms with Gasteiger partial charge in [0.25, 0.3) is 0 Å². The Kier molecular flexibility index (Phi) is 6.68. The van der Waals surface area contributed by atoms with Crippen molar-refractivity contribution >= 4 is 6.09 Å². The Hall–Kier alpha value is -1.59. The highest BCUT2D eigenvalue weighted by molar-refractivity contribution is 5.67. The lowest BCUT2D eigenvalue weighted by atomic mass is 10.0. The molecule has 1 aromatic rings. The van der Waals surface area contributed by atoms with Gasteiger partial charge in [0, 0.05) is 39.8 Å². The monoisotopic (exact) mass is 306 g/mol. The van der Waals surface area contributed by atoms with Gasteiger partial charge in [-0.2, -0.15) is 0 Å². The van der Waals surface area contributed by atoms with Gasteiger partial charge in [-0.05, 0) is 24.5 Å². The number of hydrogen-bond donors (Lipinski definition) is 0. The summed E-state index contributed by atoms with van der Waals surface area (Å²) in [6, 6.07) is 8.51. The van der Waals surface area contributed by atoms with Crippen LogP contribution in [-0.4, -0.2) is 62.4 Å². The van der Waals surface area contributed by atoms with Crippen molar-refractivity contribution in [2.24, 2.45) is 0 Å². The molecule has 0 N–H and O–H groups in total. The largest absolute Gasteiger partial charge is 0.450 e. The van der Waals surface area contributed by atoms with E-state index in [9.17, 15) is 4.79 Å². The fourth-order valence-electron chi connectivity index (χ4n) is 2.71. The first-order valence-electron chi connectivity index (χ1n) is 7.94. The summed E-state index contributed by atoms with van der Waals surface area (Å²) in [5.74, 6) is 0. The van der Waals surface area contributed by atoms with Crippen LogP contribution in [0.3, 0.4) is 0 Å². The molecule has 2 rings (SSSR count). The highest BCUT2D eigenvalue weighted by Gasteiger charge is 2.22. The Balaban J connectivity index is 1.87. The van der Waals surface area contributed by atoms with Crippen LogP contribution in [0.25, 0.3) is 0 Å². The summed E-state index contributed by atoms with van der Waals surface area (Å²) < 4.78 is 10.2. The number of carbonyl (C=O) groups excluding carboxylic acids is 1. The highest BCUT2D eigenvalue weighted by atomic mass is 16.6. The number of carbonyl (C=O) groups is 1. The molecule has 122 valence electrons. The molecule has 0 aliphatic carbocycles. The van der Waals surface area contributed by atoms with Crippen molar-refractivity contribution in [1.29, 1.82) is 0 Å². The van der Waals surface area contributed by atoms with Crippen molar-refractivity contribution < 1.29 is 14.3 Å². The zero-order valence-corrected chi connectivity index (χ0v) is 13.6. The smallest absolute Gasteiger partial charge is 0.409 e. The molecule has 0 atom stereocenters. The van der Waals surface area contributed by atoms with Crippen LogP contribution in [-0.2, 0) is 22.4 Å². The van der Waals surface area contributed by atoms with Crippen LogP contribution < -0.4 is 0 Å². The average Bonchev–Trinajstić information content (AvgIpc) is 2.55. The van der Waals surface area contributed by atoms with Gasteiger partial charge in [0.15, 0.2) is 0 Å². The van der Waals surface area contributed by atoms with Crippen LogP contribution in [0.4, 0.5) is 4.79 Å². The van der Waals surface area contributed by atoms with Gasteiger partial charge in [-0.3, -0.25) is 4.90 Å². The molecule has 5 heteroatoms. The lowest BCUT2D eigenvalue weighted by Gasteiger charge is -2.34. The van der Waals surface area contributed by atoms with Crippen LogP contribution in [0.2, 0.25) is 0 Å². The van der Waals surface area contributed by atoms with E-state index in [-0.39, 0.29) is 6.09 Å². The van der Waals surface area contributed by atoms with Crippen molar-refractivity contribution in [1.82, 2.24) is 9.80 Å². The first kappa shape index (κ1) is 16.8. The van der Waals surface area contributed by atoms with Gasteiger partial charge >= 0.3 is 6.09 Å². The van der Waals surface area contributed by atoms with Gasteiger partial charge in [-0.15, -0.1) is 0 Å². The van der Waals surface area contributed by atoms with E-state index in [2.05, 4.69) is 29.2 Å². The van der Waals surface area contributed by atoms with Crippen LogP contribution in [0, 0.1) is 0 Å². The molecular weight excluding hydrogens is 280 g/mol.